The first-order valence-corrected chi connectivity index (χ1v) is 9.60. The molecule has 0 spiro atoms. The fraction of sp³-hybridized carbons (Fsp3) is 0.600. The molecule has 1 aliphatic heterocycles. The fourth-order valence-electron chi connectivity index (χ4n) is 3.25. The molecule has 0 aromatic heterocycles. The number of hydrogen-bond donors (Lipinski definition) is 2. The molecule has 8 heteroatoms. The Balaban J connectivity index is 0.00000196. The van der Waals surface area contributed by atoms with Crippen LogP contribution in [0.3, 0.4) is 0 Å². The monoisotopic (exact) mass is 430 g/mol. The molecule has 2 fully saturated rings. The molecule has 28 heavy (non-hydrogen) atoms. The highest BCUT2D eigenvalue weighted by Gasteiger charge is 2.24. The summed E-state index contributed by atoms with van der Waals surface area (Å²) in [6.45, 7) is 8.71. The first-order chi connectivity index (χ1) is 12.5. The van der Waals surface area contributed by atoms with Crippen LogP contribution in [0.25, 0.3) is 0 Å². The number of amides is 2. The molecule has 2 amide bonds. The second-order valence-corrected chi connectivity index (χ2v) is 7.53. The van der Waals surface area contributed by atoms with E-state index in [1.807, 2.05) is 36.9 Å². The summed E-state index contributed by atoms with van der Waals surface area (Å²) in [5.74, 6) is 0.963. The lowest BCUT2D eigenvalue weighted by atomic mass is 10.1. The van der Waals surface area contributed by atoms with Crippen LogP contribution in [-0.4, -0.2) is 67.4 Å². The molecule has 0 unspecified atom stereocenters. The minimum atomic E-state index is 0. The van der Waals surface area contributed by atoms with Crippen molar-refractivity contribution in [1.82, 2.24) is 15.1 Å². The minimum Gasteiger partial charge on any atom is -0.339 e. The third kappa shape index (κ3) is 7.24. The van der Waals surface area contributed by atoms with E-state index in [0.717, 1.165) is 36.8 Å². The number of hydrogen-bond acceptors (Lipinski definition) is 4. The molecule has 1 aliphatic carbocycles. The lowest BCUT2D eigenvalue weighted by Crippen LogP contribution is -2.52. The number of piperazine rings is 1. The predicted molar refractivity (Wildman–Crippen MR) is 118 cm³/mol. The first-order valence-electron chi connectivity index (χ1n) is 9.60. The van der Waals surface area contributed by atoms with Gasteiger partial charge < -0.3 is 15.5 Å². The van der Waals surface area contributed by atoms with Gasteiger partial charge in [0.1, 0.15) is 0 Å². The highest BCUT2D eigenvalue weighted by atomic mass is 35.5. The Labute approximate surface area is 180 Å². The molecule has 158 valence electrons. The van der Waals surface area contributed by atoms with Crippen LogP contribution >= 0.6 is 24.8 Å². The maximum absolute atomic E-state index is 12.3. The van der Waals surface area contributed by atoms with Crippen molar-refractivity contribution in [2.24, 2.45) is 5.92 Å². The van der Waals surface area contributed by atoms with Gasteiger partial charge >= 0.3 is 0 Å². The smallest absolute Gasteiger partial charge is 0.238 e. The summed E-state index contributed by atoms with van der Waals surface area (Å²) >= 11 is 0. The number of nitrogens with one attached hydrogen (secondary N) is 2. The summed E-state index contributed by atoms with van der Waals surface area (Å²) < 4.78 is 0. The molecule has 0 atom stereocenters. The van der Waals surface area contributed by atoms with Gasteiger partial charge in [0.05, 0.1) is 13.1 Å². The largest absolute Gasteiger partial charge is 0.339 e. The van der Waals surface area contributed by atoms with Crippen molar-refractivity contribution in [3.63, 3.8) is 0 Å². The molecule has 2 N–H and O–H groups in total. The van der Waals surface area contributed by atoms with Crippen molar-refractivity contribution in [3.8, 4) is 0 Å². The van der Waals surface area contributed by atoms with Gasteiger partial charge in [0.2, 0.25) is 11.8 Å². The van der Waals surface area contributed by atoms with Gasteiger partial charge in [-0.15, -0.1) is 24.8 Å². The van der Waals surface area contributed by atoms with Crippen molar-refractivity contribution in [2.45, 2.75) is 26.7 Å². The van der Waals surface area contributed by atoms with Crippen LogP contribution in [0.5, 0.6) is 0 Å². The summed E-state index contributed by atoms with van der Waals surface area (Å²) in [4.78, 5) is 28.5. The lowest BCUT2D eigenvalue weighted by Gasteiger charge is -2.34. The Morgan fingerprint density at radius 3 is 2.39 bits per heavy atom. The van der Waals surface area contributed by atoms with Gasteiger partial charge in [-0.25, -0.2) is 0 Å². The van der Waals surface area contributed by atoms with E-state index in [2.05, 4.69) is 15.5 Å². The van der Waals surface area contributed by atoms with Gasteiger partial charge in [0, 0.05) is 31.9 Å². The number of benzene rings is 1. The summed E-state index contributed by atoms with van der Waals surface area (Å²) in [6, 6.07) is 5.94. The quantitative estimate of drug-likeness (QED) is 0.695. The average molecular weight is 431 g/mol. The van der Waals surface area contributed by atoms with Crippen LogP contribution in [0.4, 0.5) is 5.69 Å². The lowest BCUT2D eigenvalue weighted by molar-refractivity contribution is -0.132. The summed E-state index contributed by atoms with van der Waals surface area (Å²) in [5.41, 5.74) is 3.16. The van der Waals surface area contributed by atoms with Crippen LogP contribution in [0, 0.1) is 19.8 Å². The van der Waals surface area contributed by atoms with E-state index in [4.69, 9.17) is 0 Å². The van der Waals surface area contributed by atoms with Gasteiger partial charge in [0.25, 0.3) is 0 Å². The van der Waals surface area contributed by atoms with Crippen molar-refractivity contribution in [2.75, 3.05) is 51.1 Å². The number of halogens is 2. The topological polar surface area (TPSA) is 64.7 Å². The molecule has 3 rings (SSSR count). The van der Waals surface area contributed by atoms with Gasteiger partial charge in [-0.3, -0.25) is 14.5 Å². The van der Waals surface area contributed by atoms with E-state index in [1.165, 1.54) is 18.4 Å². The van der Waals surface area contributed by atoms with E-state index in [1.54, 1.807) is 0 Å². The van der Waals surface area contributed by atoms with Crippen LogP contribution < -0.4 is 10.6 Å². The molecule has 2 aliphatic rings. The van der Waals surface area contributed by atoms with E-state index in [0.29, 0.717) is 26.2 Å². The first kappa shape index (κ1) is 24.7. The molecule has 1 aromatic rings. The Bertz CT molecular complexity index is 660. The Hall–Kier alpha value is -1.34. The second kappa shape index (κ2) is 11.6. The second-order valence-electron chi connectivity index (χ2n) is 7.53. The maximum Gasteiger partial charge on any atom is 0.238 e. The number of aryl methyl sites for hydroxylation is 1. The standard InChI is InChI=1S/C20H30N4O2.2ClH/c1-15-4-3-5-18(16(15)2)22-19(25)14-23-8-10-24(11-9-23)20(26)13-21-12-17-6-7-17;;/h3-5,17,21H,6-14H2,1-2H3,(H,22,25);2*1H. The highest BCUT2D eigenvalue weighted by molar-refractivity contribution is 5.93. The van der Waals surface area contributed by atoms with E-state index >= 15 is 0 Å². The molecular formula is C20H32Cl2N4O2. The van der Waals surface area contributed by atoms with Crippen LogP contribution in [0.15, 0.2) is 18.2 Å². The molecule has 1 aromatic carbocycles. The van der Waals surface area contributed by atoms with E-state index < -0.39 is 0 Å². The van der Waals surface area contributed by atoms with Gasteiger partial charge in [0.15, 0.2) is 0 Å². The highest BCUT2D eigenvalue weighted by Crippen LogP contribution is 2.27. The van der Waals surface area contributed by atoms with E-state index in [-0.39, 0.29) is 36.6 Å². The summed E-state index contributed by atoms with van der Waals surface area (Å²) in [7, 11) is 0. The maximum atomic E-state index is 12.3. The number of nitrogens with zero attached hydrogens (tertiary/aromatic N) is 2. The average Bonchev–Trinajstić information content (AvgIpc) is 3.44. The van der Waals surface area contributed by atoms with Gasteiger partial charge in [-0.05, 0) is 56.3 Å². The molecule has 1 saturated heterocycles. The minimum absolute atomic E-state index is 0. The molecule has 6 nitrogen and oxygen atoms in total. The van der Waals surface area contributed by atoms with Crippen LogP contribution in [0.2, 0.25) is 0 Å². The molecule has 1 heterocycles. The number of carbonyl (C=O) groups excluding carboxylic acids is 2. The van der Waals surface area contributed by atoms with Crippen LogP contribution in [0.1, 0.15) is 24.0 Å². The molecule has 0 bridgehead atoms. The molecular weight excluding hydrogens is 399 g/mol. The third-order valence-corrected chi connectivity index (χ3v) is 5.38. The predicted octanol–water partition coefficient (Wildman–Crippen LogP) is 2.23. The van der Waals surface area contributed by atoms with Crippen molar-refractivity contribution < 1.29 is 9.59 Å². The van der Waals surface area contributed by atoms with Crippen molar-refractivity contribution in [1.29, 1.82) is 0 Å². The number of rotatable bonds is 7. The Morgan fingerprint density at radius 1 is 1.07 bits per heavy atom. The summed E-state index contributed by atoms with van der Waals surface area (Å²) in [5, 5.41) is 6.26. The van der Waals surface area contributed by atoms with E-state index in [9.17, 15) is 9.59 Å². The fourth-order valence-corrected chi connectivity index (χ4v) is 3.25. The zero-order chi connectivity index (χ0) is 18.5. The van der Waals surface area contributed by atoms with Crippen LogP contribution in [-0.2, 0) is 9.59 Å². The van der Waals surface area contributed by atoms with Gasteiger partial charge in [-0.2, -0.15) is 0 Å². The molecule has 0 radical (unpaired) electrons. The Kier molecular flexibility index (Phi) is 10.2. The zero-order valence-corrected chi connectivity index (χ0v) is 18.3. The Morgan fingerprint density at radius 2 is 1.75 bits per heavy atom. The third-order valence-electron chi connectivity index (χ3n) is 5.38. The van der Waals surface area contributed by atoms with Crippen molar-refractivity contribution >= 4 is 42.3 Å². The zero-order valence-electron chi connectivity index (χ0n) is 16.7. The number of carbonyl (C=O) groups is 2. The van der Waals surface area contributed by atoms with Crippen molar-refractivity contribution in [3.05, 3.63) is 29.3 Å². The number of anilines is 1. The van der Waals surface area contributed by atoms with Gasteiger partial charge in [-0.1, -0.05) is 12.1 Å². The summed E-state index contributed by atoms with van der Waals surface area (Å²) in [6.07, 6.45) is 2.59. The molecule has 1 saturated carbocycles. The SMILES string of the molecule is Cc1cccc(NC(=O)CN2CCN(C(=O)CNCC3CC3)CC2)c1C.Cl.Cl. The normalized spacial score (nSPS) is 16.7.